The number of halogens is 1. The van der Waals surface area contributed by atoms with Gasteiger partial charge in [0.2, 0.25) is 5.91 Å². The summed E-state index contributed by atoms with van der Waals surface area (Å²) in [6, 6.07) is 6.87. The van der Waals surface area contributed by atoms with Crippen molar-refractivity contribution in [3.8, 4) is 0 Å². The van der Waals surface area contributed by atoms with Crippen LogP contribution < -0.4 is 0 Å². The van der Waals surface area contributed by atoms with Gasteiger partial charge in [0.15, 0.2) is 0 Å². The summed E-state index contributed by atoms with van der Waals surface area (Å²) >= 11 is 0. The van der Waals surface area contributed by atoms with Crippen molar-refractivity contribution >= 4 is 5.91 Å². The molecule has 25 heavy (non-hydrogen) atoms. The van der Waals surface area contributed by atoms with E-state index in [2.05, 4.69) is 17.1 Å². The van der Waals surface area contributed by atoms with Gasteiger partial charge in [-0.2, -0.15) is 5.10 Å². The van der Waals surface area contributed by atoms with Gasteiger partial charge in [0.05, 0.1) is 5.69 Å². The van der Waals surface area contributed by atoms with Gasteiger partial charge in [-0.3, -0.25) is 9.89 Å². The fourth-order valence-corrected chi connectivity index (χ4v) is 4.08. The van der Waals surface area contributed by atoms with E-state index in [-0.39, 0.29) is 23.7 Å². The lowest BCUT2D eigenvalue weighted by Gasteiger charge is -2.26. The number of aromatic amines is 1. The second-order valence-electron chi connectivity index (χ2n) is 7.17. The monoisotopic (exact) mass is 343 g/mol. The van der Waals surface area contributed by atoms with Crippen molar-refractivity contribution in [2.75, 3.05) is 6.54 Å². The molecule has 1 amide bonds. The number of rotatable bonds is 5. The molecule has 0 aliphatic carbocycles. The van der Waals surface area contributed by atoms with E-state index in [1.54, 1.807) is 12.1 Å². The summed E-state index contributed by atoms with van der Waals surface area (Å²) in [7, 11) is 0. The first-order valence-corrected chi connectivity index (χ1v) is 9.01. The van der Waals surface area contributed by atoms with Crippen LogP contribution in [0.5, 0.6) is 0 Å². The average Bonchev–Trinajstić information content (AvgIpc) is 3.14. The lowest BCUT2D eigenvalue weighted by molar-refractivity contribution is -0.132. The third kappa shape index (κ3) is 3.91. The summed E-state index contributed by atoms with van der Waals surface area (Å²) in [5.41, 5.74) is 4.11. The Labute approximate surface area is 148 Å². The molecule has 4 nitrogen and oxygen atoms in total. The molecular weight excluding hydrogens is 317 g/mol. The molecule has 1 N–H and O–H groups in total. The van der Waals surface area contributed by atoms with Crippen LogP contribution in [0.2, 0.25) is 0 Å². The van der Waals surface area contributed by atoms with Crippen molar-refractivity contribution in [2.24, 2.45) is 0 Å². The van der Waals surface area contributed by atoms with E-state index < -0.39 is 0 Å². The second-order valence-corrected chi connectivity index (χ2v) is 7.17. The number of benzene rings is 1. The van der Waals surface area contributed by atoms with Gasteiger partial charge < -0.3 is 4.90 Å². The van der Waals surface area contributed by atoms with E-state index in [9.17, 15) is 9.18 Å². The van der Waals surface area contributed by atoms with Gasteiger partial charge in [0, 0.05) is 24.7 Å². The summed E-state index contributed by atoms with van der Waals surface area (Å²) in [6.07, 6.45) is 3.22. The molecule has 0 saturated carbocycles. The molecule has 0 radical (unpaired) electrons. The largest absolute Gasteiger partial charge is 0.339 e. The fraction of sp³-hybridized carbons (Fsp3) is 0.500. The third-order valence-corrected chi connectivity index (χ3v) is 5.22. The Hall–Kier alpha value is -2.17. The Bertz CT molecular complexity index is 736. The number of hydrogen-bond donors (Lipinski definition) is 1. The Morgan fingerprint density at radius 1 is 1.44 bits per heavy atom. The standard InChI is InChI=1S/C20H26FN3O/c1-13(20-14(2)22-23-15(20)3)10-19(25)24-9-5-8-18(24)12-16-6-4-7-17(21)11-16/h4,6-7,11,13,18H,5,8-10,12H2,1-3H3,(H,22,23)/t13-,18+/m0/s1. The van der Waals surface area contributed by atoms with Crippen LogP contribution in [-0.4, -0.2) is 33.6 Å². The molecule has 3 rings (SSSR count). The van der Waals surface area contributed by atoms with E-state index in [0.717, 1.165) is 48.3 Å². The molecule has 0 spiro atoms. The van der Waals surface area contributed by atoms with Gasteiger partial charge in [-0.15, -0.1) is 0 Å². The minimum Gasteiger partial charge on any atom is -0.339 e. The molecule has 2 heterocycles. The molecular formula is C20H26FN3O. The van der Waals surface area contributed by atoms with E-state index >= 15 is 0 Å². The zero-order valence-corrected chi connectivity index (χ0v) is 15.2. The number of carbonyl (C=O) groups excluding carboxylic acids is 1. The number of nitrogens with zero attached hydrogens (tertiary/aromatic N) is 2. The highest BCUT2D eigenvalue weighted by molar-refractivity contribution is 5.78. The minimum atomic E-state index is -0.215. The van der Waals surface area contributed by atoms with E-state index in [1.807, 2.05) is 24.8 Å². The average molecular weight is 343 g/mol. The smallest absolute Gasteiger partial charge is 0.223 e. The van der Waals surface area contributed by atoms with Crippen LogP contribution in [0.25, 0.3) is 0 Å². The highest BCUT2D eigenvalue weighted by Crippen LogP contribution is 2.28. The zero-order valence-electron chi connectivity index (χ0n) is 15.2. The molecule has 1 aromatic heterocycles. The molecule has 1 saturated heterocycles. The van der Waals surface area contributed by atoms with Crippen LogP contribution in [0.15, 0.2) is 24.3 Å². The van der Waals surface area contributed by atoms with Crippen molar-refractivity contribution in [1.29, 1.82) is 0 Å². The molecule has 1 aliphatic heterocycles. The third-order valence-electron chi connectivity index (χ3n) is 5.22. The maximum absolute atomic E-state index is 13.4. The number of nitrogens with one attached hydrogen (secondary N) is 1. The first kappa shape index (κ1) is 17.6. The van der Waals surface area contributed by atoms with E-state index in [1.165, 1.54) is 6.07 Å². The van der Waals surface area contributed by atoms with Gasteiger partial charge in [0.25, 0.3) is 0 Å². The lowest BCUT2D eigenvalue weighted by Crippen LogP contribution is -2.37. The fourth-order valence-electron chi connectivity index (χ4n) is 4.08. The number of amides is 1. The Morgan fingerprint density at radius 2 is 2.24 bits per heavy atom. The summed E-state index contributed by atoms with van der Waals surface area (Å²) in [5.74, 6) is 0.112. The number of aryl methyl sites for hydroxylation is 2. The molecule has 0 bridgehead atoms. The molecule has 134 valence electrons. The van der Waals surface area contributed by atoms with Gasteiger partial charge in [-0.25, -0.2) is 4.39 Å². The van der Waals surface area contributed by atoms with Crippen LogP contribution in [0.3, 0.4) is 0 Å². The zero-order chi connectivity index (χ0) is 18.0. The summed E-state index contributed by atoms with van der Waals surface area (Å²) < 4.78 is 13.4. The Morgan fingerprint density at radius 3 is 2.92 bits per heavy atom. The highest BCUT2D eigenvalue weighted by atomic mass is 19.1. The maximum atomic E-state index is 13.4. The first-order valence-electron chi connectivity index (χ1n) is 9.01. The van der Waals surface area contributed by atoms with Crippen molar-refractivity contribution in [1.82, 2.24) is 15.1 Å². The topological polar surface area (TPSA) is 49.0 Å². The quantitative estimate of drug-likeness (QED) is 0.895. The van der Waals surface area contributed by atoms with Crippen LogP contribution in [0.4, 0.5) is 4.39 Å². The summed E-state index contributed by atoms with van der Waals surface area (Å²) in [5, 5.41) is 7.23. The number of hydrogen-bond acceptors (Lipinski definition) is 2. The highest BCUT2D eigenvalue weighted by Gasteiger charge is 2.30. The van der Waals surface area contributed by atoms with Gasteiger partial charge >= 0.3 is 0 Å². The summed E-state index contributed by atoms with van der Waals surface area (Å²) in [6.45, 7) is 6.86. The second kappa shape index (κ2) is 7.38. The van der Waals surface area contributed by atoms with Crippen LogP contribution in [-0.2, 0) is 11.2 Å². The lowest BCUT2D eigenvalue weighted by atomic mass is 9.95. The predicted octanol–water partition coefficient (Wildman–Crippen LogP) is 3.89. The van der Waals surface area contributed by atoms with Crippen LogP contribution in [0.1, 0.15) is 54.6 Å². The number of aromatic nitrogens is 2. The SMILES string of the molecule is Cc1n[nH]c(C)c1[C@@H](C)CC(=O)N1CCC[C@@H]1Cc1cccc(F)c1. The first-order chi connectivity index (χ1) is 12.0. The predicted molar refractivity (Wildman–Crippen MR) is 95.9 cm³/mol. The normalized spacial score (nSPS) is 18.6. The van der Waals surface area contributed by atoms with Crippen LogP contribution >= 0.6 is 0 Å². The van der Waals surface area contributed by atoms with Crippen molar-refractivity contribution in [2.45, 2.75) is 58.4 Å². The van der Waals surface area contributed by atoms with Crippen LogP contribution in [0, 0.1) is 19.7 Å². The van der Waals surface area contributed by atoms with Gasteiger partial charge in [-0.05, 0) is 62.3 Å². The molecule has 1 fully saturated rings. The Kier molecular flexibility index (Phi) is 5.21. The van der Waals surface area contributed by atoms with E-state index in [4.69, 9.17) is 0 Å². The van der Waals surface area contributed by atoms with Crippen molar-refractivity contribution < 1.29 is 9.18 Å². The molecule has 1 aliphatic rings. The molecule has 0 unspecified atom stereocenters. The molecule has 1 aromatic carbocycles. The van der Waals surface area contributed by atoms with Crippen molar-refractivity contribution in [3.63, 3.8) is 0 Å². The Balaban J connectivity index is 1.66. The number of carbonyl (C=O) groups is 1. The van der Waals surface area contributed by atoms with Crippen molar-refractivity contribution in [3.05, 3.63) is 52.6 Å². The molecule has 5 heteroatoms. The molecule has 2 aromatic rings. The van der Waals surface area contributed by atoms with Gasteiger partial charge in [-0.1, -0.05) is 19.1 Å². The number of likely N-dealkylation sites (tertiary alicyclic amines) is 1. The van der Waals surface area contributed by atoms with E-state index in [0.29, 0.717) is 6.42 Å². The number of H-pyrrole nitrogens is 1. The summed E-state index contributed by atoms with van der Waals surface area (Å²) in [4.78, 5) is 14.9. The maximum Gasteiger partial charge on any atom is 0.223 e. The minimum absolute atomic E-state index is 0.140. The van der Waals surface area contributed by atoms with Gasteiger partial charge in [0.1, 0.15) is 5.82 Å². The molecule has 2 atom stereocenters.